The van der Waals surface area contributed by atoms with Crippen LogP contribution in [-0.4, -0.2) is 16.9 Å². The normalized spacial score (nSPS) is 10.8. The fourth-order valence-corrected chi connectivity index (χ4v) is 2.66. The first-order chi connectivity index (χ1) is 10.1. The van der Waals surface area contributed by atoms with Crippen LogP contribution in [0, 0.1) is 0 Å². The van der Waals surface area contributed by atoms with E-state index in [9.17, 15) is 0 Å². The Balaban J connectivity index is 2.19. The van der Waals surface area contributed by atoms with Gasteiger partial charge in [-0.25, -0.2) is 0 Å². The third kappa shape index (κ3) is 2.31. The number of furan rings is 1. The molecule has 0 atom stereocenters. The molecular formula is C15H14BrN3O2. The molecule has 0 aliphatic heterocycles. The van der Waals surface area contributed by atoms with Gasteiger partial charge in [-0.1, -0.05) is 12.1 Å². The number of aromatic nitrogens is 2. The Morgan fingerprint density at radius 1 is 1.24 bits per heavy atom. The summed E-state index contributed by atoms with van der Waals surface area (Å²) in [7, 11) is 3.46. The molecule has 0 saturated carbocycles. The molecule has 21 heavy (non-hydrogen) atoms. The largest absolute Gasteiger partial charge is 0.497 e. The van der Waals surface area contributed by atoms with Crippen LogP contribution < -0.4 is 10.5 Å². The van der Waals surface area contributed by atoms with Gasteiger partial charge in [0.1, 0.15) is 17.3 Å². The van der Waals surface area contributed by atoms with Gasteiger partial charge in [0, 0.05) is 7.05 Å². The Bertz CT molecular complexity index is 775. The summed E-state index contributed by atoms with van der Waals surface area (Å²) in [5, 5.41) is 4.50. The Morgan fingerprint density at radius 3 is 2.52 bits per heavy atom. The van der Waals surface area contributed by atoms with E-state index in [2.05, 4.69) is 21.0 Å². The van der Waals surface area contributed by atoms with E-state index in [-0.39, 0.29) is 0 Å². The maximum atomic E-state index is 6.19. The number of ether oxygens (including phenoxy) is 1. The van der Waals surface area contributed by atoms with Crippen molar-refractivity contribution in [2.45, 2.75) is 0 Å². The fourth-order valence-electron chi connectivity index (χ4n) is 2.23. The summed E-state index contributed by atoms with van der Waals surface area (Å²) in [6.07, 6.45) is 1.61. The predicted octanol–water partition coefficient (Wildman–Crippen LogP) is 3.70. The summed E-state index contributed by atoms with van der Waals surface area (Å²) >= 11 is 3.39. The van der Waals surface area contributed by atoms with Gasteiger partial charge in [-0.05, 0) is 39.7 Å². The van der Waals surface area contributed by atoms with Crippen LogP contribution in [0.4, 0.5) is 5.82 Å². The van der Waals surface area contributed by atoms with Gasteiger partial charge in [-0.3, -0.25) is 4.68 Å². The lowest BCUT2D eigenvalue weighted by molar-refractivity contribution is 0.415. The molecule has 0 radical (unpaired) electrons. The number of halogens is 1. The molecule has 0 amide bonds. The Hall–Kier alpha value is -2.21. The second kappa shape index (κ2) is 5.29. The molecular weight excluding hydrogens is 334 g/mol. The number of hydrogen-bond acceptors (Lipinski definition) is 4. The van der Waals surface area contributed by atoms with Gasteiger partial charge in [0.15, 0.2) is 4.67 Å². The molecule has 0 fully saturated rings. The van der Waals surface area contributed by atoms with Crippen LogP contribution in [0.1, 0.15) is 0 Å². The van der Waals surface area contributed by atoms with Crippen LogP contribution in [0.2, 0.25) is 0 Å². The van der Waals surface area contributed by atoms with Gasteiger partial charge >= 0.3 is 0 Å². The highest BCUT2D eigenvalue weighted by molar-refractivity contribution is 9.10. The molecule has 0 unspecified atom stereocenters. The Labute approximate surface area is 130 Å². The molecule has 1 aromatic carbocycles. The van der Waals surface area contributed by atoms with E-state index in [0.717, 1.165) is 28.1 Å². The lowest BCUT2D eigenvalue weighted by Crippen LogP contribution is -1.98. The molecule has 0 aliphatic carbocycles. The standard InChI is InChI=1S/C15H14BrN3O2/c1-19-15(17)12(9-3-5-10(20-2)6-4-9)13(18-19)11-7-8-21-14(11)16/h3-8H,17H2,1-2H3. The van der Waals surface area contributed by atoms with Crippen molar-refractivity contribution >= 4 is 21.7 Å². The maximum Gasteiger partial charge on any atom is 0.178 e. The van der Waals surface area contributed by atoms with Gasteiger partial charge < -0.3 is 14.9 Å². The number of nitrogens with two attached hydrogens (primary N) is 1. The first-order valence-electron chi connectivity index (χ1n) is 6.32. The van der Waals surface area contributed by atoms with Gasteiger partial charge in [0.05, 0.1) is 24.5 Å². The topological polar surface area (TPSA) is 66.2 Å². The van der Waals surface area contributed by atoms with Gasteiger partial charge in [-0.2, -0.15) is 5.10 Å². The van der Waals surface area contributed by atoms with Crippen molar-refractivity contribution in [1.82, 2.24) is 9.78 Å². The zero-order valence-electron chi connectivity index (χ0n) is 11.6. The number of rotatable bonds is 3. The van der Waals surface area contributed by atoms with E-state index in [4.69, 9.17) is 14.9 Å². The molecule has 2 N–H and O–H groups in total. The molecule has 0 bridgehead atoms. The van der Waals surface area contributed by atoms with Crippen LogP contribution in [0.15, 0.2) is 45.7 Å². The third-order valence-electron chi connectivity index (χ3n) is 3.34. The lowest BCUT2D eigenvalue weighted by Gasteiger charge is -2.05. The molecule has 0 spiro atoms. The molecule has 6 heteroatoms. The minimum absolute atomic E-state index is 0.600. The minimum atomic E-state index is 0.600. The second-order valence-corrected chi connectivity index (χ2v) is 5.29. The zero-order valence-corrected chi connectivity index (χ0v) is 13.2. The Morgan fingerprint density at radius 2 is 1.95 bits per heavy atom. The smallest absolute Gasteiger partial charge is 0.178 e. The predicted molar refractivity (Wildman–Crippen MR) is 85.0 cm³/mol. The summed E-state index contributed by atoms with van der Waals surface area (Å²) in [5.74, 6) is 1.40. The lowest BCUT2D eigenvalue weighted by atomic mass is 10.0. The van der Waals surface area contributed by atoms with Crippen molar-refractivity contribution in [3.05, 3.63) is 41.3 Å². The average Bonchev–Trinajstić information content (AvgIpc) is 3.04. The van der Waals surface area contributed by atoms with Gasteiger partial charge in [-0.15, -0.1) is 0 Å². The van der Waals surface area contributed by atoms with Crippen LogP contribution >= 0.6 is 15.9 Å². The van der Waals surface area contributed by atoms with Crippen molar-refractivity contribution in [3.63, 3.8) is 0 Å². The highest BCUT2D eigenvalue weighted by Gasteiger charge is 2.20. The summed E-state index contributed by atoms with van der Waals surface area (Å²) < 4.78 is 12.8. The van der Waals surface area contributed by atoms with Crippen molar-refractivity contribution < 1.29 is 9.15 Å². The van der Waals surface area contributed by atoms with Crippen LogP contribution in [-0.2, 0) is 7.05 Å². The van der Waals surface area contributed by atoms with Crippen molar-refractivity contribution in [2.24, 2.45) is 7.05 Å². The number of anilines is 1. The zero-order chi connectivity index (χ0) is 15.0. The Kier molecular flexibility index (Phi) is 3.47. The van der Waals surface area contributed by atoms with E-state index < -0.39 is 0 Å². The summed E-state index contributed by atoms with van der Waals surface area (Å²) in [6.45, 7) is 0. The fraction of sp³-hybridized carbons (Fsp3) is 0.133. The van der Waals surface area contributed by atoms with E-state index in [0.29, 0.717) is 10.5 Å². The van der Waals surface area contributed by atoms with Crippen molar-refractivity contribution in [1.29, 1.82) is 0 Å². The van der Waals surface area contributed by atoms with E-state index >= 15 is 0 Å². The van der Waals surface area contributed by atoms with Crippen LogP contribution in [0.3, 0.4) is 0 Å². The van der Waals surface area contributed by atoms with Crippen LogP contribution in [0.5, 0.6) is 5.75 Å². The van der Waals surface area contributed by atoms with Gasteiger partial charge in [0.2, 0.25) is 0 Å². The molecule has 0 saturated heterocycles. The number of aryl methyl sites for hydroxylation is 1. The molecule has 2 aromatic heterocycles. The number of hydrogen-bond donors (Lipinski definition) is 1. The molecule has 3 aromatic rings. The summed E-state index contributed by atoms with van der Waals surface area (Å²) in [5.41, 5.74) is 9.69. The van der Waals surface area contributed by atoms with E-state index in [1.54, 1.807) is 18.1 Å². The van der Waals surface area contributed by atoms with E-state index in [1.807, 2.05) is 37.4 Å². The first kappa shape index (κ1) is 13.8. The molecule has 108 valence electrons. The SMILES string of the molecule is COc1ccc(-c2c(-c3ccoc3Br)nn(C)c2N)cc1. The van der Waals surface area contributed by atoms with Crippen molar-refractivity contribution in [3.8, 4) is 28.1 Å². The number of nitrogen functional groups attached to an aromatic ring is 1. The van der Waals surface area contributed by atoms with Crippen LogP contribution in [0.25, 0.3) is 22.4 Å². The number of benzene rings is 1. The summed E-state index contributed by atoms with van der Waals surface area (Å²) in [4.78, 5) is 0. The number of methoxy groups -OCH3 is 1. The molecule has 5 nitrogen and oxygen atoms in total. The minimum Gasteiger partial charge on any atom is -0.497 e. The average molecular weight is 348 g/mol. The van der Waals surface area contributed by atoms with E-state index in [1.165, 1.54) is 0 Å². The molecule has 3 rings (SSSR count). The maximum absolute atomic E-state index is 6.19. The first-order valence-corrected chi connectivity index (χ1v) is 7.11. The second-order valence-electron chi connectivity index (χ2n) is 4.57. The summed E-state index contributed by atoms with van der Waals surface area (Å²) in [6, 6.07) is 9.58. The highest BCUT2D eigenvalue weighted by Crippen LogP contribution is 2.39. The van der Waals surface area contributed by atoms with Crippen molar-refractivity contribution in [2.75, 3.05) is 12.8 Å². The van der Waals surface area contributed by atoms with Gasteiger partial charge in [0.25, 0.3) is 0 Å². The third-order valence-corrected chi connectivity index (χ3v) is 3.96. The quantitative estimate of drug-likeness (QED) is 0.784. The molecule has 2 heterocycles. The highest BCUT2D eigenvalue weighted by atomic mass is 79.9. The molecule has 0 aliphatic rings. The number of nitrogens with zero attached hydrogens (tertiary/aromatic N) is 2. The monoisotopic (exact) mass is 347 g/mol.